The van der Waals surface area contributed by atoms with Crippen molar-refractivity contribution in [3.63, 3.8) is 0 Å². The Morgan fingerprint density at radius 2 is 1.89 bits per heavy atom. The highest BCUT2D eigenvalue weighted by molar-refractivity contribution is 7.22. The van der Waals surface area contributed by atoms with Gasteiger partial charge in [0.1, 0.15) is 11.3 Å². The Hall–Kier alpha value is -1.86. The molecule has 0 fully saturated rings. The minimum atomic E-state index is -0.139. The number of halogens is 2. The average Bonchev–Trinajstić information content (AvgIpc) is 3.06. The number of hydrogen-bond donors (Lipinski definition) is 0. The van der Waals surface area contributed by atoms with Gasteiger partial charge in [0.25, 0.3) is 5.91 Å². The number of thiazole rings is 1. The summed E-state index contributed by atoms with van der Waals surface area (Å²) in [6, 6.07) is 12.9. The van der Waals surface area contributed by atoms with Crippen LogP contribution < -0.4 is 9.64 Å². The molecule has 0 saturated heterocycles. The van der Waals surface area contributed by atoms with Crippen LogP contribution in [-0.4, -0.2) is 50.1 Å². The standard InChI is InChI=1S/C19H20ClN3O2S.ClH/c1-22(2)11-12-23(18(24)13-7-4-5-9-15(13)25-3)19-21-17-14(20)8-6-10-16(17)26-19;/h4-10H,11-12H2,1-3H3;1H. The van der Waals surface area contributed by atoms with Gasteiger partial charge >= 0.3 is 0 Å². The lowest BCUT2D eigenvalue weighted by Gasteiger charge is -2.22. The molecule has 1 heterocycles. The van der Waals surface area contributed by atoms with Gasteiger partial charge in [-0.05, 0) is 38.4 Å². The van der Waals surface area contributed by atoms with Crippen molar-refractivity contribution in [2.24, 2.45) is 0 Å². The summed E-state index contributed by atoms with van der Waals surface area (Å²) in [6.45, 7) is 1.23. The summed E-state index contributed by atoms with van der Waals surface area (Å²) in [5.74, 6) is 0.408. The second-order valence-electron chi connectivity index (χ2n) is 6.04. The van der Waals surface area contributed by atoms with Crippen molar-refractivity contribution in [3.05, 3.63) is 53.1 Å². The fraction of sp³-hybridized carbons (Fsp3) is 0.263. The van der Waals surface area contributed by atoms with Gasteiger partial charge in [-0.1, -0.05) is 41.1 Å². The Morgan fingerprint density at radius 1 is 1.15 bits per heavy atom. The molecular formula is C19H21Cl2N3O2S. The molecular weight excluding hydrogens is 405 g/mol. The van der Waals surface area contributed by atoms with Gasteiger partial charge < -0.3 is 9.64 Å². The molecule has 0 aliphatic heterocycles. The maximum absolute atomic E-state index is 13.3. The second kappa shape index (κ2) is 9.37. The second-order valence-corrected chi connectivity index (χ2v) is 7.46. The lowest BCUT2D eigenvalue weighted by molar-refractivity contribution is 0.0982. The number of ether oxygens (including phenoxy) is 1. The van der Waals surface area contributed by atoms with E-state index in [1.54, 1.807) is 30.2 Å². The molecule has 27 heavy (non-hydrogen) atoms. The highest BCUT2D eigenvalue weighted by atomic mass is 35.5. The predicted octanol–water partition coefficient (Wildman–Crippen LogP) is 4.59. The van der Waals surface area contributed by atoms with Gasteiger partial charge in [-0.3, -0.25) is 9.69 Å². The van der Waals surface area contributed by atoms with Gasteiger partial charge in [-0.25, -0.2) is 4.98 Å². The topological polar surface area (TPSA) is 45.7 Å². The van der Waals surface area contributed by atoms with Crippen molar-refractivity contribution < 1.29 is 9.53 Å². The normalized spacial score (nSPS) is 10.7. The highest BCUT2D eigenvalue weighted by Gasteiger charge is 2.24. The molecule has 0 atom stereocenters. The molecule has 1 amide bonds. The summed E-state index contributed by atoms with van der Waals surface area (Å²) >= 11 is 7.72. The summed E-state index contributed by atoms with van der Waals surface area (Å²) in [6.07, 6.45) is 0. The van der Waals surface area contributed by atoms with Crippen LogP contribution in [0.5, 0.6) is 5.75 Å². The molecule has 0 aliphatic rings. The van der Waals surface area contributed by atoms with E-state index >= 15 is 0 Å². The van der Waals surface area contributed by atoms with Crippen LogP contribution in [0.15, 0.2) is 42.5 Å². The largest absolute Gasteiger partial charge is 0.496 e. The molecule has 0 aliphatic carbocycles. The van der Waals surface area contributed by atoms with E-state index in [0.29, 0.717) is 34.6 Å². The van der Waals surface area contributed by atoms with E-state index in [0.717, 1.165) is 10.2 Å². The van der Waals surface area contributed by atoms with E-state index in [1.807, 2.05) is 43.3 Å². The maximum Gasteiger partial charge on any atom is 0.263 e. The number of carbonyl (C=O) groups excluding carboxylic acids is 1. The summed E-state index contributed by atoms with van der Waals surface area (Å²) in [5.41, 5.74) is 1.23. The van der Waals surface area contributed by atoms with E-state index in [-0.39, 0.29) is 18.3 Å². The molecule has 1 aromatic heterocycles. The van der Waals surface area contributed by atoms with E-state index in [4.69, 9.17) is 16.3 Å². The van der Waals surface area contributed by atoms with Crippen molar-refractivity contribution in [1.29, 1.82) is 0 Å². The summed E-state index contributed by atoms with van der Waals surface area (Å²) in [7, 11) is 5.51. The number of rotatable bonds is 6. The number of para-hydroxylation sites is 2. The molecule has 5 nitrogen and oxygen atoms in total. The van der Waals surface area contributed by atoms with Crippen LogP contribution in [0.4, 0.5) is 5.13 Å². The summed E-state index contributed by atoms with van der Waals surface area (Å²) < 4.78 is 6.31. The molecule has 3 aromatic rings. The number of nitrogens with zero attached hydrogens (tertiary/aromatic N) is 3. The summed E-state index contributed by atoms with van der Waals surface area (Å²) in [5, 5.41) is 1.22. The van der Waals surface area contributed by atoms with Crippen molar-refractivity contribution in [2.75, 3.05) is 39.2 Å². The van der Waals surface area contributed by atoms with Crippen LogP contribution in [0.3, 0.4) is 0 Å². The first kappa shape index (κ1) is 21.4. The van der Waals surface area contributed by atoms with Crippen LogP contribution in [0.2, 0.25) is 5.02 Å². The zero-order chi connectivity index (χ0) is 18.7. The lowest BCUT2D eigenvalue weighted by Crippen LogP contribution is -2.36. The van der Waals surface area contributed by atoms with E-state index < -0.39 is 0 Å². The Kier molecular flexibility index (Phi) is 7.44. The number of anilines is 1. The maximum atomic E-state index is 13.3. The first-order valence-corrected chi connectivity index (χ1v) is 9.35. The summed E-state index contributed by atoms with van der Waals surface area (Å²) in [4.78, 5) is 21.6. The van der Waals surface area contributed by atoms with Crippen molar-refractivity contribution >= 4 is 56.6 Å². The Balaban J connectivity index is 0.00000261. The van der Waals surface area contributed by atoms with Gasteiger partial charge in [0.2, 0.25) is 0 Å². The van der Waals surface area contributed by atoms with E-state index in [2.05, 4.69) is 4.98 Å². The number of hydrogen-bond acceptors (Lipinski definition) is 5. The Labute approximate surface area is 173 Å². The minimum absolute atomic E-state index is 0. The highest BCUT2D eigenvalue weighted by Crippen LogP contribution is 2.34. The van der Waals surface area contributed by atoms with E-state index in [1.165, 1.54) is 11.3 Å². The molecule has 0 spiro atoms. The number of benzene rings is 2. The van der Waals surface area contributed by atoms with Crippen LogP contribution >= 0.6 is 35.3 Å². The first-order valence-electron chi connectivity index (χ1n) is 8.16. The SMILES string of the molecule is COc1ccccc1C(=O)N(CCN(C)C)c1nc2c(Cl)cccc2s1.Cl. The van der Waals surface area contributed by atoms with Crippen molar-refractivity contribution in [1.82, 2.24) is 9.88 Å². The number of amides is 1. The molecule has 3 rings (SSSR count). The predicted molar refractivity (Wildman–Crippen MR) is 115 cm³/mol. The number of aromatic nitrogens is 1. The molecule has 0 radical (unpaired) electrons. The molecule has 144 valence electrons. The fourth-order valence-electron chi connectivity index (χ4n) is 2.57. The Bertz CT molecular complexity index is 930. The Morgan fingerprint density at radius 3 is 2.56 bits per heavy atom. The zero-order valence-corrected chi connectivity index (χ0v) is 17.7. The van der Waals surface area contributed by atoms with Gasteiger partial charge in [-0.15, -0.1) is 12.4 Å². The quantitative estimate of drug-likeness (QED) is 0.579. The lowest BCUT2D eigenvalue weighted by atomic mass is 10.1. The van der Waals surface area contributed by atoms with Crippen molar-refractivity contribution in [2.45, 2.75) is 0 Å². The van der Waals surface area contributed by atoms with Crippen LogP contribution in [0.1, 0.15) is 10.4 Å². The molecule has 2 aromatic carbocycles. The van der Waals surface area contributed by atoms with Crippen LogP contribution in [0, 0.1) is 0 Å². The van der Waals surface area contributed by atoms with Gasteiger partial charge in [-0.2, -0.15) is 0 Å². The van der Waals surface area contributed by atoms with Gasteiger partial charge in [0.15, 0.2) is 5.13 Å². The van der Waals surface area contributed by atoms with E-state index in [9.17, 15) is 4.79 Å². The third kappa shape index (κ3) is 4.71. The molecule has 0 bridgehead atoms. The average molecular weight is 426 g/mol. The number of likely N-dealkylation sites (N-methyl/N-ethyl adjacent to an activating group) is 1. The van der Waals surface area contributed by atoms with Crippen LogP contribution in [0.25, 0.3) is 10.2 Å². The monoisotopic (exact) mass is 425 g/mol. The number of methoxy groups -OCH3 is 1. The number of carbonyl (C=O) groups is 1. The molecule has 8 heteroatoms. The molecule has 0 saturated carbocycles. The van der Waals surface area contributed by atoms with Gasteiger partial charge in [0, 0.05) is 13.1 Å². The third-order valence-electron chi connectivity index (χ3n) is 3.94. The molecule has 0 unspecified atom stereocenters. The third-order valence-corrected chi connectivity index (χ3v) is 5.29. The van der Waals surface area contributed by atoms with Crippen molar-refractivity contribution in [3.8, 4) is 5.75 Å². The molecule has 0 N–H and O–H groups in total. The fourth-order valence-corrected chi connectivity index (χ4v) is 3.86. The first-order chi connectivity index (χ1) is 12.5. The zero-order valence-electron chi connectivity index (χ0n) is 15.3. The number of fused-ring (bicyclic) bond motifs is 1. The minimum Gasteiger partial charge on any atom is -0.496 e. The van der Waals surface area contributed by atoms with Gasteiger partial charge in [0.05, 0.1) is 22.4 Å². The van der Waals surface area contributed by atoms with Crippen LogP contribution in [-0.2, 0) is 0 Å². The smallest absolute Gasteiger partial charge is 0.263 e.